The number of amidine groups is 1. The molecule has 31 heavy (non-hydrogen) atoms. The number of para-hydroxylation sites is 1. The lowest BCUT2D eigenvalue weighted by atomic mass is 10.2. The molecule has 1 amide bonds. The van der Waals surface area contributed by atoms with Crippen molar-refractivity contribution in [2.75, 3.05) is 49.7 Å². The fourth-order valence-electron chi connectivity index (χ4n) is 3.86. The number of nitrogens with zero attached hydrogens (tertiary/aromatic N) is 4. The lowest BCUT2D eigenvalue weighted by Gasteiger charge is -2.28. The number of aliphatic imine (C=N–C) groups is 1. The molecule has 6 nitrogen and oxygen atoms in total. The van der Waals surface area contributed by atoms with Gasteiger partial charge in [-0.25, -0.2) is 4.99 Å². The number of benzene rings is 2. The monoisotopic (exact) mass is 452 g/mol. The van der Waals surface area contributed by atoms with Crippen molar-refractivity contribution >= 4 is 51.7 Å². The highest BCUT2D eigenvalue weighted by Crippen LogP contribution is 2.50. The van der Waals surface area contributed by atoms with Gasteiger partial charge < -0.3 is 14.5 Å². The molecule has 5 rings (SSSR count). The van der Waals surface area contributed by atoms with E-state index in [1.165, 1.54) is 22.3 Å². The van der Waals surface area contributed by atoms with Crippen LogP contribution < -0.4 is 9.80 Å². The summed E-state index contributed by atoms with van der Waals surface area (Å²) in [6, 6.07) is 16.5. The summed E-state index contributed by atoms with van der Waals surface area (Å²) in [4.78, 5) is 26.0. The largest absolute Gasteiger partial charge is 0.378 e. The van der Waals surface area contributed by atoms with Gasteiger partial charge in [0.1, 0.15) is 9.93 Å². The van der Waals surface area contributed by atoms with Crippen molar-refractivity contribution in [3.8, 4) is 0 Å². The van der Waals surface area contributed by atoms with E-state index in [0.717, 1.165) is 54.2 Å². The molecule has 8 heteroatoms. The highest BCUT2D eigenvalue weighted by molar-refractivity contribution is 8.19. The number of hydrogen-bond donors (Lipinski definition) is 0. The molecule has 160 valence electrons. The van der Waals surface area contributed by atoms with Gasteiger partial charge >= 0.3 is 0 Å². The standard InChI is InChI=1S/C23H24N4O2S2/c1-3-27-18-6-4-5-7-19(18)30-22(27)20-21(28)25(2)23(31-20)24-16-8-10-17(11-9-16)26-12-14-29-15-13-26/h4-11H,3,12-15H2,1-2H3. The quantitative estimate of drug-likeness (QED) is 0.639. The first-order valence-electron chi connectivity index (χ1n) is 10.4. The molecule has 0 saturated carbocycles. The van der Waals surface area contributed by atoms with Crippen LogP contribution in [0.4, 0.5) is 17.1 Å². The van der Waals surface area contributed by atoms with Gasteiger partial charge in [-0.05, 0) is 55.1 Å². The molecule has 0 atom stereocenters. The molecule has 2 aromatic rings. The zero-order valence-corrected chi connectivity index (χ0v) is 19.2. The van der Waals surface area contributed by atoms with Crippen LogP contribution in [0.25, 0.3) is 0 Å². The molecule has 0 radical (unpaired) electrons. The number of likely N-dealkylation sites (N-methyl/N-ethyl adjacent to an activating group) is 1. The van der Waals surface area contributed by atoms with Crippen LogP contribution in [-0.4, -0.2) is 55.9 Å². The minimum atomic E-state index is 0.00226. The Bertz CT molecular complexity index is 1060. The first kappa shape index (κ1) is 20.5. The third kappa shape index (κ3) is 3.84. The Labute approximate surface area is 190 Å². The summed E-state index contributed by atoms with van der Waals surface area (Å²) in [6.07, 6.45) is 0. The van der Waals surface area contributed by atoms with Crippen molar-refractivity contribution < 1.29 is 9.53 Å². The van der Waals surface area contributed by atoms with Crippen molar-refractivity contribution in [3.63, 3.8) is 0 Å². The maximum atomic E-state index is 13.1. The number of carbonyl (C=O) groups excluding carboxylic acids is 1. The molecule has 0 spiro atoms. The maximum Gasteiger partial charge on any atom is 0.269 e. The Morgan fingerprint density at radius 1 is 1.03 bits per heavy atom. The van der Waals surface area contributed by atoms with Gasteiger partial charge in [0.05, 0.1) is 24.6 Å². The van der Waals surface area contributed by atoms with E-state index in [0.29, 0.717) is 5.17 Å². The highest BCUT2D eigenvalue weighted by atomic mass is 32.2. The maximum absolute atomic E-state index is 13.1. The van der Waals surface area contributed by atoms with Crippen LogP contribution in [0.2, 0.25) is 0 Å². The normalized spacial score (nSPS) is 22.6. The number of fused-ring (bicyclic) bond motifs is 1. The average molecular weight is 453 g/mol. The molecule has 3 aliphatic rings. The van der Waals surface area contributed by atoms with E-state index in [9.17, 15) is 4.79 Å². The average Bonchev–Trinajstić information content (AvgIpc) is 3.32. The molecule has 0 bridgehead atoms. The zero-order valence-electron chi connectivity index (χ0n) is 17.6. The van der Waals surface area contributed by atoms with Crippen LogP contribution in [0.3, 0.4) is 0 Å². The van der Waals surface area contributed by atoms with Crippen LogP contribution in [0.1, 0.15) is 6.92 Å². The Hall–Kier alpha value is -2.42. The van der Waals surface area contributed by atoms with E-state index < -0.39 is 0 Å². The Balaban J connectivity index is 1.40. The van der Waals surface area contributed by atoms with E-state index in [4.69, 9.17) is 9.73 Å². The summed E-state index contributed by atoms with van der Waals surface area (Å²) in [5, 5.41) is 1.71. The summed E-state index contributed by atoms with van der Waals surface area (Å²) < 4.78 is 5.43. The van der Waals surface area contributed by atoms with Gasteiger partial charge in [0.15, 0.2) is 5.17 Å². The van der Waals surface area contributed by atoms with E-state index >= 15 is 0 Å². The van der Waals surface area contributed by atoms with Crippen LogP contribution >= 0.6 is 23.5 Å². The number of amides is 1. The van der Waals surface area contributed by atoms with Gasteiger partial charge in [0.2, 0.25) is 0 Å². The number of carbonyl (C=O) groups is 1. The van der Waals surface area contributed by atoms with E-state index in [2.05, 4.69) is 41.0 Å². The summed E-state index contributed by atoms with van der Waals surface area (Å²) >= 11 is 3.12. The summed E-state index contributed by atoms with van der Waals surface area (Å²) in [5.41, 5.74) is 3.19. The minimum absolute atomic E-state index is 0.00226. The topological polar surface area (TPSA) is 48.4 Å². The van der Waals surface area contributed by atoms with Crippen LogP contribution in [0, 0.1) is 0 Å². The minimum Gasteiger partial charge on any atom is -0.378 e. The second-order valence-electron chi connectivity index (χ2n) is 7.42. The van der Waals surface area contributed by atoms with Crippen molar-refractivity contribution in [1.82, 2.24) is 4.90 Å². The molecule has 0 N–H and O–H groups in total. The first-order chi connectivity index (χ1) is 15.2. The Morgan fingerprint density at radius 3 is 2.52 bits per heavy atom. The lowest BCUT2D eigenvalue weighted by Crippen LogP contribution is -2.36. The SMILES string of the molecule is CCN1C(=C2SC(=Nc3ccc(N4CCOCC4)cc3)N(C)C2=O)Sc2ccccc21. The summed E-state index contributed by atoms with van der Waals surface area (Å²) in [6.45, 7) is 6.28. The van der Waals surface area contributed by atoms with E-state index in [1.807, 2.05) is 24.3 Å². The third-order valence-electron chi connectivity index (χ3n) is 5.55. The predicted molar refractivity (Wildman–Crippen MR) is 129 cm³/mol. The molecule has 0 unspecified atom stereocenters. The van der Waals surface area contributed by atoms with Crippen molar-refractivity contribution in [1.29, 1.82) is 0 Å². The number of hydrogen-bond acceptors (Lipinski definition) is 7. The highest BCUT2D eigenvalue weighted by Gasteiger charge is 2.37. The van der Waals surface area contributed by atoms with Gasteiger partial charge in [-0.2, -0.15) is 0 Å². The van der Waals surface area contributed by atoms with Crippen molar-refractivity contribution in [3.05, 3.63) is 58.5 Å². The summed E-state index contributed by atoms with van der Waals surface area (Å²) in [5.74, 6) is 0.00226. The number of morpholine rings is 1. The Morgan fingerprint density at radius 2 is 1.77 bits per heavy atom. The molecule has 3 heterocycles. The fraction of sp³-hybridized carbons (Fsp3) is 0.304. The first-order valence-corrected chi connectivity index (χ1v) is 12.0. The number of anilines is 2. The van der Waals surface area contributed by atoms with Crippen LogP contribution in [0.5, 0.6) is 0 Å². The lowest BCUT2D eigenvalue weighted by molar-refractivity contribution is -0.121. The third-order valence-corrected chi connectivity index (χ3v) is 7.98. The zero-order chi connectivity index (χ0) is 21.4. The van der Waals surface area contributed by atoms with Crippen molar-refractivity contribution in [2.45, 2.75) is 11.8 Å². The molecule has 2 fully saturated rings. The van der Waals surface area contributed by atoms with Gasteiger partial charge in [0, 0.05) is 37.3 Å². The van der Waals surface area contributed by atoms with Crippen LogP contribution in [0.15, 0.2) is 68.4 Å². The number of rotatable bonds is 3. The van der Waals surface area contributed by atoms with Gasteiger partial charge in [-0.3, -0.25) is 9.69 Å². The fourth-order valence-corrected chi connectivity index (χ4v) is 6.24. The second-order valence-corrected chi connectivity index (χ2v) is 9.43. The number of ether oxygens (including phenoxy) is 1. The molecule has 3 aliphatic heterocycles. The van der Waals surface area contributed by atoms with Gasteiger partial charge in [-0.1, -0.05) is 23.9 Å². The Kier molecular flexibility index (Phi) is 5.69. The number of thioether (sulfide) groups is 2. The van der Waals surface area contributed by atoms with Gasteiger partial charge in [0.25, 0.3) is 5.91 Å². The van der Waals surface area contributed by atoms with E-state index in [-0.39, 0.29) is 5.91 Å². The van der Waals surface area contributed by atoms with Gasteiger partial charge in [-0.15, -0.1) is 0 Å². The smallest absolute Gasteiger partial charge is 0.269 e. The van der Waals surface area contributed by atoms with Crippen LogP contribution in [-0.2, 0) is 9.53 Å². The van der Waals surface area contributed by atoms with E-state index in [1.54, 1.807) is 23.7 Å². The molecule has 0 aliphatic carbocycles. The molecular weight excluding hydrogens is 428 g/mol. The molecule has 2 aromatic carbocycles. The molecular formula is C23H24N4O2S2. The van der Waals surface area contributed by atoms with Crippen molar-refractivity contribution in [2.24, 2.45) is 4.99 Å². The molecule has 0 aromatic heterocycles. The second kappa shape index (κ2) is 8.61. The predicted octanol–water partition coefficient (Wildman–Crippen LogP) is 4.52. The molecule has 2 saturated heterocycles. The summed E-state index contributed by atoms with van der Waals surface area (Å²) in [7, 11) is 1.80.